The average Bonchev–Trinajstić information content (AvgIpc) is 2.71. The second-order valence-electron chi connectivity index (χ2n) is 3.75. The Kier molecular flexibility index (Phi) is 4.60. The van der Waals surface area contributed by atoms with Crippen LogP contribution >= 0.6 is 34.7 Å². The number of carbonyl (C=O) groups is 1. The molecular formula is C12H8ClN3O2S2. The lowest BCUT2D eigenvalue weighted by Crippen LogP contribution is -1.99. The molecule has 8 heteroatoms. The lowest BCUT2D eigenvalue weighted by atomic mass is 10.3. The minimum Gasteiger partial charge on any atom is -0.481 e. The molecule has 0 aliphatic rings. The number of hydrogen-bond donors (Lipinski definition) is 1. The maximum Gasteiger partial charge on any atom is 0.308 e. The van der Waals surface area contributed by atoms with Crippen molar-refractivity contribution < 1.29 is 9.90 Å². The molecule has 0 unspecified atom stereocenters. The van der Waals surface area contributed by atoms with Gasteiger partial charge < -0.3 is 5.11 Å². The Hall–Kier alpha value is -1.62. The number of thiazole rings is 1. The molecule has 5 nitrogen and oxygen atoms in total. The zero-order chi connectivity index (χ0) is 14.7. The van der Waals surface area contributed by atoms with Crippen LogP contribution in [0.15, 0.2) is 21.6 Å². The van der Waals surface area contributed by atoms with Crippen molar-refractivity contribution in [1.29, 1.82) is 5.26 Å². The quantitative estimate of drug-likeness (QED) is 0.929. The Labute approximate surface area is 128 Å². The molecule has 2 rings (SSSR count). The van der Waals surface area contributed by atoms with E-state index in [1.165, 1.54) is 35.4 Å². The first-order chi connectivity index (χ1) is 9.51. The van der Waals surface area contributed by atoms with Crippen LogP contribution in [0, 0.1) is 18.3 Å². The molecule has 20 heavy (non-hydrogen) atoms. The van der Waals surface area contributed by atoms with Gasteiger partial charge in [0.1, 0.15) is 11.1 Å². The molecule has 0 radical (unpaired) electrons. The highest BCUT2D eigenvalue weighted by Gasteiger charge is 2.15. The Morgan fingerprint density at radius 1 is 1.65 bits per heavy atom. The zero-order valence-corrected chi connectivity index (χ0v) is 12.6. The molecule has 2 aromatic heterocycles. The number of rotatable bonds is 4. The number of carboxylic acid groups (broad SMARTS) is 1. The molecule has 0 bridgehead atoms. The predicted octanol–water partition coefficient (Wildman–Crippen LogP) is 3.15. The van der Waals surface area contributed by atoms with Gasteiger partial charge in [-0.2, -0.15) is 5.26 Å². The largest absolute Gasteiger partial charge is 0.481 e. The summed E-state index contributed by atoms with van der Waals surface area (Å²) in [4.78, 5) is 19.8. The number of hydrogen-bond acceptors (Lipinski definition) is 6. The monoisotopic (exact) mass is 325 g/mol. The van der Waals surface area contributed by atoms with E-state index in [9.17, 15) is 4.79 Å². The van der Waals surface area contributed by atoms with Crippen LogP contribution in [0.25, 0.3) is 0 Å². The Morgan fingerprint density at radius 2 is 2.40 bits per heavy atom. The molecule has 0 fully saturated rings. The van der Waals surface area contributed by atoms with Gasteiger partial charge >= 0.3 is 5.97 Å². The van der Waals surface area contributed by atoms with Crippen molar-refractivity contribution in [2.24, 2.45) is 0 Å². The number of nitriles is 1. The van der Waals surface area contributed by atoms with Gasteiger partial charge in [0, 0.05) is 11.1 Å². The molecular weight excluding hydrogens is 318 g/mol. The van der Waals surface area contributed by atoms with Crippen LogP contribution in [0.2, 0.25) is 5.02 Å². The second kappa shape index (κ2) is 6.22. The molecule has 1 N–H and O–H groups in total. The van der Waals surface area contributed by atoms with E-state index in [0.29, 0.717) is 25.5 Å². The standard InChI is InChI=1S/C12H8ClN3O2S2/c1-6-8(4-9(17)18)19-12(16-6)20-11-10(13)7(5-14)2-3-15-11/h2-3H,4H2,1H3,(H,17,18). The van der Waals surface area contributed by atoms with Gasteiger partial charge in [-0.05, 0) is 24.8 Å². The predicted molar refractivity (Wildman–Crippen MR) is 76.3 cm³/mol. The van der Waals surface area contributed by atoms with Gasteiger partial charge in [-0.25, -0.2) is 9.97 Å². The first-order valence-corrected chi connectivity index (χ1v) is 7.43. The Bertz CT molecular complexity index is 709. The van der Waals surface area contributed by atoms with Crippen LogP contribution in [-0.4, -0.2) is 21.0 Å². The number of aliphatic carboxylic acids is 1. The smallest absolute Gasteiger partial charge is 0.308 e. The fourth-order valence-electron chi connectivity index (χ4n) is 1.41. The maximum absolute atomic E-state index is 10.7. The van der Waals surface area contributed by atoms with Crippen LogP contribution in [0.4, 0.5) is 0 Å². The number of aryl methyl sites for hydroxylation is 1. The number of nitrogens with zero attached hydrogens (tertiary/aromatic N) is 3. The minimum absolute atomic E-state index is 0.0521. The van der Waals surface area contributed by atoms with Crippen molar-refractivity contribution in [3.63, 3.8) is 0 Å². The van der Waals surface area contributed by atoms with E-state index in [1.54, 1.807) is 6.92 Å². The summed E-state index contributed by atoms with van der Waals surface area (Å²) in [6.07, 6.45) is 1.45. The average molecular weight is 326 g/mol. The van der Waals surface area contributed by atoms with E-state index >= 15 is 0 Å². The number of pyridine rings is 1. The van der Waals surface area contributed by atoms with Gasteiger partial charge in [0.2, 0.25) is 0 Å². The molecule has 2 heterocycles. The third kappa shape index (κ3) is 3.28. The molecule has 0 saturated heterocycles. The lowest BCUT2D eigenvalue weighted by molar-refractivity contribution is -0.136. The van der Waals surface area contributed by atoms with Crippen molar-refractivity contribution in [3.8, 4) is 6.07 Å². The summed E-state index contributed by atoms with van der Waals surface area (Å²) >= 11 is 8.59. The van der Waals surface area contributed by atoms with Gasteiger partial charge in [0.25, 0.3) is 0 Å². The number of aromatic nitrogens is 2. The van der Waals surface area contributed by atoms with E-state index in [0.717, 1.165) is 0 Å². The van der Waals surface area contributed by atoms with Crippen molar-refractivity contribution in [1.82, 2.24) is 9.97 Å². The van der Waals surface area contributed by atoms with Crippen LogP contribution in [0.3, 0.4) is 0 Å². The topological polar surface area (TPSA) is 86.9 Å². The Balaban J connectivity index is 2.27. The van der Waals surface area contributed by atoms with Gasteiger partial charge in [-0.15, -0.1) is 11.3 Å². The van der Waals surface area contributed by atoms with Gasteiger partial charge in [-0.1, -0.05) is 11.6 Å². The molecule has 0 amide bonds. The summed E-state index contributed by atoms with van der Waals surface area (Å²) in [7, 11) is 0. The van der Waals surface area contributed by atoms with Crippen LogP contribution in [0.5, 0.6) is 0 Å². The highest BCUT2D eigenvalue weighted by molar-refractivity contribution is 8.01. The van der Waals surface area contributed by atoms with Crippen molar-refractivity contribution >= 4 is 40.7 Å². The van der Waals surface area contributed by atoms with Gasteiger partial charge in [0.05, 0.1) is 22.7 Å². The fourth-order valence-corrected chi connectivity index (χ4v) is 3.83. The number of halogens is 1. The summed E-state index contributed by atoms with van der Waals surface area (Å²) in [5, 5.41) is 18.5. The highest BCUT2D eigenvalue weighted by Crippen LogP contribution is 2.36. The molecule has 0 aromatic carbocycles. The van der Waals surface area contributed by atoms with Crippen molar-refractivity contribution in [3.05, 3.63) is 33.4 Å². The maximum atomic E-state index is 10.7. The van der Waals surface area contributed by atoms with E-state index in [1.807, 2.05) is 6.07 Å². The molecule has 102 valence electrons. The summed E-state index contributed by atoms with van der Waals surface area (Å²) in [5.74, 6) is -0.893. The first kappa shape index (κ1) is 14.8. The van der Waals surface area contributed by atoms with Crippen LogP contribution < -0.4 is 0 Å². The molecule has 0 atom stereocenters. The molecule has 0 saturated carbocycles. The van der Waals surface area contributed by atoms with E-state index < -0.39 is 5.97 Å². The van der Waals surface area contributed by atoms with E-state index in [-0.39, 0.29) is 11.4 Å². The highest BCUT2D eigenvalue weighted by atomic mass is 35.5. The van der Waals surface area contributed by atoms with Crippen LogP contribution in [-0.2, 0) is 11.2 Å². The molecule has 2 aromatic rings. The first-order valence-electron chi connectivity index (χ1n) is 5.41. The second-order valence-corrected chi connectivity index (χ2v) is 6.45. The van der Waals surface area contributed by atoms with Crippen LogP contribution in [0.1, 0.15) is 16.1 Å². The lowest BCUT2D eigenvalue weighted by Gasteiger charge is -2.00. The third-order valence-corrected chi connectivity index (χ3v) is 5.06. The van der Waals surface area contributed by atoms with Crippen molar-refractivity contribution in [2.45, 2.75) is 22.7 Å². The van der Waals surface area contributed by atoms with Crippen molar-refractivity contribution in [2.75, 3.05) is 0 Å². The van der Waals surface area contributed by atoms with E-state index in [4.69, 9.17) is 22.0 Å². The molecule has 0 spiro atoms. The summed E-state index contributed by atoms with van der Waals surface area (Å²) < 4.78 is 0.656. The van der Waals surface area contributed by atoms with Gasteiger partial charge in [-0.3, -0.25) is 4.79 Å². The summed E-state index contributed by atoms with van der Waals surface area (Å²) in [6.45, 7) is 1.76. The minimum atomic E-state index is -0.893. The van der Waals surface area contributed by atoms with E-state index in [2.05, 4.69) is 9.97 Å². The fraction of sp³-hybridized carbons (Fsp3) is 0.167. The summed E-state index contributed by atoms with van der Waals surface area (Å²) in [6, 6.07) is 3.52. The zero-order valence-electron chi connectivity index (χ0n) is 10.3. The Morgan fingerprint density at radius 3 is 3.05 bits per heavy atom. The third-order valence-electron chi connectivity index (χ3n) is 2.35. The number of carboxylic acids is 1. The normalized spacial score (nSPS) is 10.2. The molecule has 0 aliphatic heterocycles. The van der Waals surface area contributed by atoms with Gasteiger partial charge in [0.15, 0.2) is 4.34 Å². The summed E-state index contributed by atoms with van der Waals surface area (Å²) in [5.41, 5.74) is 1.04. The SMILES string of the molecule is Cc1nc(Sc2nccc(C#N)c2Cl)sc1CC(=O)O. The molecule has 0 aliphatic carbocycles.